The van der Waals surface area contributed by atoms with Crippen LogP contribution in [0.15, 0.2) is 48.7 Å². The molecule has 152 valence electrons. The van der Waals surface area contributed by atoms with Crippen molar-refractivity contribution < 1.29 is 22.7 Å². The Morgan fingerprint density at radius 3 is 2.62 bits per heavy atom. The van der Waals surface area contributed by atoms with Crippen molar-refractivity contribution in [3.05, 3.63) is 65.6 Å². The molecule has 1 atom stereocenters. The molecule has 0 unspecified atom stereocenters. The molecule has 1 amide bonds. The van der Waals surface area contributed by atoms with Crippen molar-refractivity contribution in [2.45, 2.75) is 18.8 Å². The summed E-state index contributed by atoms with van der Waals surface area (Å²) in [5.41, 5.74) is 7.46. The number of rotatable bonds is 8. The summed E-state index contributed by atoms with van der Waals surface area (Å²) in [5, 5.41) is 6.52. The summed E-state index contributed by atoms with van der Waals surface area (Å²) in [7, 11) is 0. The number of halogens is 3. The molecule has 4 N–H and O–H groups in total. The van der Waals surface area contributed by atoms with Gasteiger partial charge in [-0.1, -0.05) is 18.2 Å². The molecule has 2 aromatic carbocycles. The zero-order chi connectivity index (χ0) is 21.0. The van der Waals surface area contributed by atoms with Crippen molar-refractivity contribution >= 4 is 23.5 Å². The highest BCUT2D eigenvalue weighted by Crippen LogP contribution is 2.36. The molecule has 10 heteroatoms. The highest BCUT2D eigenvalue weighted by Gasteiger charge is 2.17. The molecule has 3 rings (SSSR count). The van der Waals surface area contributed by atoms with Gasteiger partial charge in [-0.05, 0) is 36.8 Å². The van der Waals surface area contributed by atoms with E-state index in [-0.39, 0.29) is 29.1 Å². The van der Waals surface area contributed by atoms with Gasteiger partial charge in [-0.2, -0.15) is 13.9 Å². The van der Waals surface area contributed by atoms with Crippen LogP contribution in [-0.4, -0.2) is 21.9 Å². The SMILES string of the molecule is C[C@H](Oc1cc(-c2[nH]ncc2C(N)=O)ccc1NSC(F)F)c1ccc(F)cc1. The predicted molar refractivity (Wildman–Crippen MR) is 105 cm³/mol. The van der Waals surface area contributed by atoms with E-state index in [4.69, 9.17) is 10.5 Å². The highest BCUT2D eigenvalue weighted by atomic mass is 32.2. The molecule has 29 heavy (non-hydrogen) atoms. The van der Waals surface area contributed by atoms with E-state index in [9.17, 15) is 18.0 Å². The fraction of sp³-hybridized carbons (Fsp3) is 0.158. The number of anilines is 1. The van der Waals surface area contributed by atoms with Crippen molar-refractivity contribution in [3.63, 3.8) is 0 Å². The molecular formula is C19H17F3N4O2S. The molecule has 0 radical (unpaired) electrons. The lowest BCUT2D eigenvalue weighted by molar-refractivity contribution is 0.100. The van der Waals surface area contributed by atoms with Crippen LogP contribution in [0.4, 0.5) is 18.9 Å². The highest BCUT2D eigenvalue weighted by molar-refractivity contribution is 8.00. The summed E-state index contributed by atoms with van der Waals surface area (Å²) < 4.78 is 46.9. The second kappa shape index (κ2) is 8.91. The van der Waals surface area contributed by atoms with E-state index in [1.54, 1.807) is 37.3 Å². The zero-order valence-corrected chi connectivity index (χ0v) is 16.0. The number of amides is 1. The number of nitrogens with zero attached hydrogens (tertiary/aromatic N) is 1. The molecule has 3 aromatic rings. The number of aromatic nitrogens is 2. The van der Waals surface area contributed by atoms with Crippen LogP contribution in [0.2, 0.25) is 0 Å². The van der Waals surface area contributed by atoms with E-state index in [2.05, 4.69) is 14.9 Å². The first kappa shape index (κ1) is 20.6. The Labute approximate surface area is 168 Å². The standard InChI is InChI=1S/C19H17F3N4O2S/c1-10(11-2-5-13(20)6-3-11)28-16-8-12(4-7-15(16)26-29-19(21)22)17-14(18(23)27)9-24-25-17/h2-10,19,26H,1H3,(H2,23,27)(H,24,25)/t10-/m0/s1. The molecule has 0 saturated heterocycles. The van der Waals surface area contributed by atoms with Gasteiger partial charge in [0.1, 0.15) is 17.7 Å². The van der Waals surface area contributed by atoms with E-state index < -0.39 is 17.8 Å². The van der Waals surface area contributed by atoms with Crippen LogP contribution in [0, 0.1) is 5.82 Å². The topological polar surface area (TPSA) is 93.0 Å². The summed E-state index contributed by atoms with van der Waals surface area (Å²) >= 11 is 0.228. The van der Waals surface area contributed by atoms with Gasteiger partial charge in [0.2, 0.25) is 0 Å². The number of benzene rings is 2. The molecule has 0 fully saturated rings. The van der Waals surface area contributed by atoms with Crippen molar-refractivity contribution in [1.82, 2.24) is 10.2 Å². The normalized spacial score (nSPS) is 12.0. The minimum atomic E-state index is -2.63. The maximum Gasteiger partial charge on any atom is 0.302 e. The largest absolute Gasteiger partial charge is 0.484 e. The molecule has 0 spiro atoms. The van der Waals surface area contributed by atoms with Crippen molar-refractivity contribution in [3.8, 4) is 17.0 Å². The van der Waals surface area contributed by atoms with Gasteiger partial charge in [-0.3, -0.25) is 9.89 Å². The number of alkyl halides is 2. The lowest BCUT2D eigenvalue weighted by atomic mass is 10.1. The quantitative estimate of drug-likeness (QED) is 0.456. The third-order valence-electron chi connectivity index (χ3n) is 4.08. The number of H-pyrrole nitrogens is 1. The molecule has 0 saturated carbocycles. The van der Waals surface area contributed by atoms with E-state index in [0.29, 0.717) is 22.5 Å². The van der Waals surface area contributed by atoms with Crippen molar-refractivity contribution in [2.24, 2.45) is 5.73 Å². The number of carbonyl (C=O) groups excluding carboxylic acids is 1. The smallest absolute Gasteiger partial charge is 0.302 e. The summed E-state index contributed by atoms with van der Waals surface area (Å²) in [5.74, 6) is -3.41. The first-order valence-electron chi connectivity index (χ1n) is 8.44. The number of nitrogens with one attached hydrogen (secondary N) is 2. The van der Waals surface area contributed by atoms with E-state index in [1.165, 1.54) is 18.3 Å². The Bertz CT molecular complexity index is 995. The van der Waals surface area contributed by atoms with Gasteiger partial charge in [-0.25, -0.2) is 4.39 Å². The van der Waals surface area contributed by atoms with Crippen LogP contribution >= 0.6 is 11.9 Å². The minimum absolute atomic E-state index is 0.185. The Hall–Kier alpha value is -3.14. The number of nitrogens with two attached hydrogens (primary N) is 1. The Kier molecular flexibility index (Phi) is 6.32. The molecular weight excluding hydrogens is 405 g/mol. The molecule has 6 nitrogen and oxygen atoms in total. The van der Waals surface area contributed by atoms with Gasteiger partial charge in [-0.15, -0.1) is 0 Å². The lowest BCUT2D eigenvalue weighted by Crippen LogP contribution is -2.11. The number of hydrogen-bond acceptors (Lipinski definition) is 5. The van der Waals surface area contributed by atoms with Gasteiger partial charge in [0.25, 0.3) is 5.91 Å². The zero-order valence-electron chi connectivity index (χ0n) is 15.2. The fourth-order valence-electron chi connectivity index (χ4n) is 2.65. The Morgan fingerprint density at radius 2 is 1.97 bits per heavy atom. The molecule has 1 heterocycles. The number of hydrogen-bond donors (Lipinski definition) is 3. The van der Waals surface area contributed by atoms with Crippen molar-refractivity contribution in [1.29, 1.82) is 0 Å². The molecule has 1 aromatic heterocycles. The third-order valence-corrected chi connectivity index (χ3v) is 4.59. The first-order valence-corrected chi connectivity index (χ1v) is 9.32. The number of aromatic amines is 1. The third kappa shape index (κ3) is 5.02. The van der Waals surface area contributed by atoms with Gasteiger partial charge in [0.15, 0.2) is 0 Å². The Morgan fingerprint density at radius 1 is 1.24 bits per heavy atom. The van der Waals surface area contributed by atoms with Crippen LogP contribution in [0.1, 0.15) is 28.9 Å². The maximum atomic E-state index is 13.2. The van der Waals surface area contributed by atoms with Gasteiger partial charge in [0.05, 0.1) is 23.1 Å². The molecule has 0 aliphatic rings. The van der Waals surface area contributed by atoms with E-state index in [0.717, 1.165) is 0 Å². The average molecular weight is 422 g/mol. The summed E-state index contributed by atoms with van der Waals surface area (Å²) in [6, 6.07) is 10.5. The van der Waals surface area contributed by atoms with Crippen LogP contribution in [0.5, 0.6) is 5.75 Å². The predicted octanol–water partition coefficient (Wildman–Crippen LogP) is 4.74. The van der Waals surface area contributed by atoms with Crippen LogP contribution in [0.25, 0.3) is 11.3 Å². The molecule has 0 aliphatic heterocycles. The average Bonchev–Trinajstić information content (AvgIpc) is 3.17. The summed E-state index contributed by atoms with van der Waals surface area (Å²) in [6.45, 7) is 1.75. The monoisotopic (exact) mass is 422 g/mol. The van der Waals surface area contributed by atoms with Gasteiger partial charge in [0, 0.05) is 17.5 Å². The van der Waals surface area contributed by atoms with E-state index >= 15 is 0 Å². The van der Waals surface area contributed by atoms with E-state index in [1.807, 2.05) is 0 Å². The maximum absolute atomic E-state index is 13.2. The number of primary amides is 1. The Balaban J connectivity index is 1.95. The fourth-order valence-corrected chi connectivity index (χ4v) is 3.04. The summed E-state index contributed by atoms with van der Waals surface area (Å²) in [4.78, 5) is 11.6. The van der Waals surface area contributed by atoms with Gasteiger partial charge < -0.3 is 15.2 Å². The molecule has 0 bridgehead atoms. The second-order valence-electron chi connectivity index (χ2n) is 6.03. The van der Waals surface area contributed by atoms with Crippen LogP contribution < -0.4 is 15.2 Å². The second-order valence-corrected chi connectivity index (χ2v) is 6.82. The molecule has 0 aliphatic carbocycles. The lowest BCUT2D eigenvalue weighted by Gasteiger charge is -2.19. The van der Waals surface area contributed by atoms with Crippen LogP contribution in [-0.2, 0) is 0 Å². The van der Waals surface area contributed by atoms with Gasteiger partial charge >= 0.3 is 5.76 Å². The number of carbonyl (C=O) groups is 1. The van der Waals surface area contributed by atoms with Crippen molar-refractivity contribution in [2.75, 3.05) is 4.72 Å². The number of ether oxygens (including phenoxy) is 1. The first-order chi connectivity index (χ1) is 13.8. The minimum Gasteiger partial charge on any atom is -0.484 e. The summed E-state index contributed by atoms with van der Waals surface area (Å²) in [6.07, 6.45) is 0.804. The van der Waals surface area contributed by atoms with Crippen LogP contribution in [0.3, 0.4) is 0 Å².